The lowest BCUT2D eigenvalue weighted by atomic mass is 10.1. The molecule has 1 aliphatic rings. The van der Waals surface area contributed by atoms with Crippen molar-refractivity contribution in [3.63, 3.8) is 0 Å². The van der Waals surface area contributed by atoms with Gasteiger partial charge in [0.2, 0.25) is 0 Å². The van der Waals surface area contributed by atoms with Crippen LogP contribution in [0.1, 0.15) is 18.4 Å². The molecule has 4 heteroatoms. The van der Waals surface area contributed by atoms with Gasteiger partial charge in [0.15, 0.2) is 0 Å². The van der Waals surface area contributed by atoms with E-state index in [0.29, 0.717) is 6.42 Å². The zero-order chi connectivity index (χ0) is 11.5. The van der Waals surface area contributed by atoms with E-state index in [1.165, 1.54) is 0 Å². The third-order valence-electron chi connectivity index (χ3n) is 2.50. The Morgan fingerprint density at radius 1 is 1.44 bits per heavy atom. The first-order valence-electron chi connectivity index (χ1n) is 5.39. The van der Waals surface area contributed by atoms with E-state index in [4.69, 9.17) is 15.6 Å². The Morgan fingerprint density at radius 3 is 2.62 bits per heavy atom. The highest BCUT2D eigenvalue weighted by Crippen LogP contribution is 2.24. The van der Waals surface area contributed by atoms with Crippen molar-refractivity contribution in [3.05, 3.63) is 29.8 Å². The van der Waals surface area contributed by atoms with E-state index in [0.717, 1.165) is 18.4 Å². The molecule has 0 aromatic heterocycles. The summed E-state index contributed by atoms with van der Waals surface area (Å²) in [5.74, 6) is -0.131. The van der Waals surface area contributed by atoms with Gasteiger partial charge in [0.05, 0.1) is 0 Å². The number of rotatable bonds is 4. The molecule has 2 rings (SSSR count). The summed E-state index contributed by atoms with van der Waals surface area (Å²) in [6, 6.07) is 6.03. The number of hydrogen-bond donors (Lipinski definition) is 2. The average Bonchev–Trinajstić information content (AvgIpc) is 3.05. The van der Waals surface area contributed by atoms with E-state index in [9.17, 15) is 4.79 Å². The number of esters is 1. The van der Waals surface area contributed by atoms with Gasteiger partial charge < -0.3 is 15.6 Å². The van der Waals surface area contributed by atoms with Crippen molar-refractivity contribution in [2.75, 3.05) is 0 Å². The number of ether oxygens (including phenoxy) is 1. The molecule has 1 aromatic rings. The van der Waals surface area contributed by atoms with Gasteiger partial charge in [-0.1, -0.05) is 12.1 Å². The molecule has 0 saturated heterocycles. The van der Waals surface area contributed by atoms with Crippen LogP contribution < -0.4 is 5.73 Å². The molecule has 0 spiro atoms. The van der Waals surface area contributed by atoms with Gasteiger partial charge in [-0.3, -0.25) is 4.79 Å². The second-order valence-corrected chi connectivity index (χ2v) is 4.11. The number of phenolic OH excluding ortho intramolecular Hbond substituents is 1. The van der Waals surface area contributed by atoms with Crippen LogP contribution >= 0.6 is 0 Å². The van der Waals surface area contributed by atoms with Crippen molar-refractivity contribution in [2.24, 2.45) is 5.73 Å². The number of carbonyl (C=O) groups excluding carboxylic acids is 1. The van der Waals surface area contributed by atoms with Gasteiger partial charge in [-0.25, -0.2) is 0 Å². The third kappa shape index (κ3) is 2.97. The number of nitrogens with two attached hydrogens (primary N) is 1. The molecule has 1 saturated carbocycles. The molecule has 0 radical (unpaired) electrons. The first-order chi connectivity index (χ1) is 7.65. The first-order valence-corrected chi connectivity index (χ1v) is 5.39. The Balaban J connectivity index is 1.87. The summed E-state index contributed by atoms with van der Waals surface area (Å²) in [6.07, 6.45) is 2.44. The van der Waals surface area contributed by atoms with Gasteiger partial charge in [0, 0.05) is 0 Å². The van der Waals surface area contributed by atoms with Crippen LogP contribution in [0.3, 0.4) is 0 Å². The van der Waals surface area contributed by atoms with Crippen LogP contribution in [0, 0.1) is 0 Å². The minimum absolute atomic E-state index is 0.0957. The number of aromatic hydroxyl groups is 1. The molecule has 16 heavy (non-hydrogen) atoms. The summed E-state index contributed by atoms with van der Waals surface area (Å²) in [7, 11) is 0. The number of carbonyl (C=O) groups is 1. The van der Waals surface area contributed by atoms with Crippen molar-refractivity contribution in [1.82, 2.24) is 0 Å². The Bertz CT molecular complexity index is 370. The zero-order valence-corrected chi connectivity index (χ0v) is 8.93. The summed E-state index contributed by atoms with van der Waals surface area (Å²) in [6.45, 7) is 0. The summed E-state index contributed by atoms with van der Waals surface area (Å²) < 4.78 is 5.11. The Hall–Kier alpha value is -1.55. The monoisotopic (exact) mass is 221 g/mol. The second-order valence-electron chi connectivity index (χ2n) is 4.11. The topological polar surface area (TPSA) is 72.5 Å². The Morgan fingerprint density at radius 2 is 2.06 bits per heavy atom. The predicted octanol–water partition coefficient (Wildman–Crippen LogP) is 0.968. The maximum Gasteiger partial charge on any atom is 0.323 e. The quantitative estimate of drug-likeness (QED) is 0.743. The molecular formula is C12H15NO3. The normalized spacial score (nSPS) is 16.8. The Labute approximate surface area is 94.0 Å². The van der Waals surface area contributed by atoms with E-state index < -0.39 is 6.04 Å². The lowest BCUT2D eigenvalue weighted by molar-refractivity contribution is -0.146. The van der Waals surface area contributed by atoms with Gasteiger partial charge in [-0.05, 0) is 37.0 Å². The fourth-order valence-corrected chi connectivity index (χ4v) is 1.41. The predicted molar refractivity (Wildman–Crippen MR) is 58.9 cm³/mol. The fraction of sp³-hybridized carbons (Fsp3) is 0.417. The van der Waals surface area contributed by atoms with Crippen molar-refractivity contribution < 1.29 is 14.6 Å². The highest BCUT2D eigenvalue weighted by Gasteiger charge is 2.28. The molecule has 1 atom stereocenters. The van der Waals surface area contributed by atoms with Crippen LogP contribution in [-0.4, -0.2) is 23.2 Å². The molecule has 4 nitrogen and oxygen atoms in total. The van der Waals surface area contributed by atoms with E-state index in [2.05, 4.69) is 0 Å². The maximum atomic E-state index is 11.5. The van der Waals surface area contributed by atoms with Crippen LogP contribution in [-0.2, 0) is 16.0 Å². The standard InChI is InChI=1S/C12H15NO3/c13-11(12(15)16-10-5-6-10)7-8-1-3-9(14)4-2-8/h1-4,10-11,14H,5-7,13H2/t11-/m0/s1. The lowest BCUT2D eigenvalue weighted by Gasteiger charge is -2.10. The van der Waals surface area contributed by atoms with E-state index in [1.54, 1.807) is 24.3 Å². The van der Waals surface area contributed by atoms with E-state index in [1.807, 2.05) is 0 Å². The van der Waals surface area contributed by atoms with E-state index >= 15 is 0 Å². The van der Waals surface area contributed by atoms with Gasteiger partial charge in [0.1, 0.15) is 17.9 Å². The zero-order valence-electron chi connectivity index (χ0n) is 8.93. The smallest absolute Gasteiger partial charge is 0.323 e. The molecule has 0 bridgehead atoms. The summed E-state index contributed by atoms with van der Waals surface area (Å²) in [5.41, 5.74) is 6.64. The van der Waals surface area contributed by atoms with Crippen LogP contribution in [0.4, 0.5) is 0 Å². The van der Waals surface area contributed by atoms with Gasteiger partial charge in [-0.2, -0.15) is 0 Å². The molecule has 1 aromatic carbocycles. The van der Waals surface area contributed by atoms with Crippen LogP contribution in [0.15, 0.2) is 24.3 Å². The molecule has 0 heterocycles. The van der Waals surface area contributed by atoms with E-state index in [-0.39, 0.29) is 17.8 Å². The summed E-state index contributed by atoms with van der Waals surface area (Å²) >= 11 is 0. The summed E-state index contributed by atoms with van der Waals surface area (Å²) in [4.78, 5) is 11.5. The maximum absolute atomic E-state index is 11.5. The van der Waals surface area contributed by atoms with Crippen molar-refractivity contribution in [3.8, 4) is 5.75 Å². The van der Waals surface area contributed by atoms with Crippen molar-refractivity contribution >= 4 is 5.97 Å². The minimum Gasteiger partial charge on any atom is -0.508 e. The molecule has 0 unspecified atom stereocenters. The SMILES string of the molecule is N[C@@H](Cc1ccc(O)cc1)C(=O)OC1CC1. The molecule has 86 valence electrons. The highest BCUT2D eigenvalue weighted by molar-refractivity contribution is 5.76. The average molecular weight is 221 g/mol. The molecular weight excluding hydrogens is 206 g/mol. The third-order valence-corrected chi connectivity index (χ3v) is 2.50. The molecule has 3 N–H and O–H groups in total. The second kappa shape index (κ2) is 4.53. The van der Waals surface area contributed by atoms with Crippen LogP contribution in [0.5, 0.6) is 5.75 Å². The first kappa shape index (κ1) is 11.0. The molecule has 1 aliphatic carbocycles. The van der Waals surface area contributed by atoms with Gasteiger partial charge in [-0.15, -0.1) is 0 Å². The lowest BCUT2D eigenvalue weighted by Crippen LogP contribution is -2.34. The van der Waals surface area contributed by atoms with Gasteiger partial charge >= 0.3 is 5.97 Å². The van der Waals surface area contributed by atoms with Gasteiger partial charge in [0.25, 0.3) is 0 Å². The molecule has 0 amide bonds. The van der Waals surface area contributed by atoms with Crippen LogP contribution in [0.25, 0.3) is 0 Å². The number of hydrogen-bond acceptors (Lipinski definition) is 4. The highest BCUT2D eigenvalue weighted by atomic mass is 16.5. The number of benzene rings is 1. The largest absolute Gasteiger partial charge is 0.508 e. The van der Waals surface area contributed by atoms with Crippen molar-refractivity contribution in [2.45, 2.75) is 31.4 Å². The summed E-state index contributed by atoms with van der Waals surface area (Å²) in [5, 5.41) is 9.10. The number of phenols is 1. The fourth-order valence-electron chi connectivity index (χ4n) is 1.41. The molecule has 0 aliphatic heterocycles. The Kier molecular flexibility index (Phi) is 3.10. The van der Waals surface area contributed by atoms with Crippen LogP contribution in [0.2, 0.25) is 0 Å². The minimum atomic E-state index is -0.620. The molecule has 1 fully saturated rings. The van der Waals surface area contributed by atoms with Crippen molar-refractivity contribution in [1.29, 1.82) is 0 Å².